The molecule has 2 bridgehead atoms. The van der Waals surface area contributed by atoms with Crippen LogP contribution in [-0.4, -0.2) is 12.3 Å². The first-order valence-electron chi connectivity index (χ1n) is 13.5. The summed E-state index contributed by atoms with van der Waals surface area (Å²) in [4.78, 5) is 0. The minimum absolute atomic E-state index is 0.276. The van der Waals surface area contributed by atoms with Crippen LogP contribution in [-0.2, 0) is 0 Å². The van der Waals surface area contributed by atoms with Crippen molar-refractivity contribution >= 4 is 37.1 Å². The summed E-state index contributed by atoms with van der Waals surface area (Å²) in [7, 11) is -1.94. The van der Waals surface area contributed by atoms with Crippen LogP contribution in [0.25, 0.3) is 0 Å². The molecule has 2 aliphatic carbocycles. The molecule has 2 unspecified atom stereocenters. The third-order valence-corrected chi connectivity index (χ3v) is 13.7. The highest BCUT2D eigenvalue weighted by Crippen LogP contribution is 2.58. The van der Waals surface area contributed by atoms with Gasteiger partial charge in [0.15, 0.2) is 0 Å². The Morgan fingerprint density at radius 1 is 0.487 bits per heavy atom. The van der Waals surface area contributed by atoms with E-state index in [2.05, 4.69) is 0 Å². The van der Waals surface area contributed by atoms with Gasteiger partial charge in [-0.15, -0.1) is 0 Å². The van der Waals surface area contributed by atoms with Gasteiger partial charge in [-0.2, -0.15) is 0 Å². The molecule has 0 amide bonds. The van der Waals surface area contributed by atoms with Crippen molar-refractivity contribution in [2.45, 2.75) is 19.3 Å². The van der Waals surface area contributed by atoms with Crippen LogP contribution in [0.2, 0.25) is 0 Å². The Bertz CT molecular complexity index is 1260. The summed E-state index contributed by atoms with van der Waals surface area (Å²) in [5.41, 5.74) is 0. The predicted molar refractivity (Wildman–Crippen MR) is 156 cm³/mol. The van der Waals surface area contributed by atoms with Gasteiger partial charge in [0.2, 0.25) is 0 Å². The van der Waals surface area contributed by atoms with Gasteiger partial charge in [0, 0.05) is 0 Å². The molecule has 39 heavy (non-hydrogen) atoms. The fourth-order valence-corrected chi connectivity index (χ4v) is 12.4. The average molecular weight is 565 g/mol. The van der Waals surface area contributed by atoms with E-state index in [1.165, 1.54) is 43.5 Å². The van der Waals surface area contributed by atoms with Crippen molar-refractivity contribution < 1.29 is 17.6 Å². The van der Waals surface area contributed by atoms with Gasteiger partial charge in [0.1, 0.15) is 23.3 Å². The molecule has 0 aromatic heterocycles. The van der Waals surface area contributed by atoms with E-state index in [1.54, 1.807) is 48.5 Å². The van der Waals surface area contributed by atoms with Crippen molar-refractivity contribution in [3.63, 3.8) is 0 Å². The van der Waals surface area contributed by atoms with Crippen LogP contribution in [0.1, 0.15) is 19.3 Å². The molecule has 4 atom stereocenters. The lowest BCUT2D eigenvalue weighted by Crippen LogP contribution is -2.32. The van der Waals surface area contributed by atoms with Crippen molar-refractivity contribution in [3.05, 3.63) is 120 Å². The number of rotatable bonds is 8. The standard InChI is InChI=1S/C33H30F4P2/c34-24-5-1-9-28(16-24)38(29-10-2-6-25(35)17-29)20-32-22-13-14-23(15-22)33(32)21-39(30-11-3-7-26(36)18-30)31-12-4-8-27(37)19-31/h1-12,16-19,22-23,32-33H,13-15,20-21H2/t22-,23-,32?,33?/m0/s1. The van der Waals surface area contributed by atoms with Crippen LogP contribution < -0.4 is 21.2 Å². The number of hydrogen-bond acceptors (Lipinski definition) is 0. The Morgan fingerprint density at radius 2 is 0.795 bits per heavy atom. The summed E-state index contributed by atoms with van der Waals surface area (Å²) < 4.78 is 57.4. The number of halogens is 4. The molecule has 200 valence electrons. The molecule has 0 saturated heterocycles. The van der Waals surface area contributed by atoms with Crippen molar-refractivity contribution in [2.75, 3.05) is 12.3 Å². The first kappa shape index (κ1) is 26.7. The Hall–Kier alpha value is -2.54. The maximum atomic E-state index is 14.4. The lowest BCUT2D eigenvalue weighted by molar-refractivity contribution is 0.267. The van der Waals surface area contributed by atoms with E-state index >= 15 is 0 Å². The Balaban J connectivity index is 1.36. The van der Waals surface area contributed by atoms with Crippen molar-refractivity contribution in [2.24, 2.45) is 23.7 Å². The lowest BCUT2D eigenvalue weighted by Gasteiger charge is -2.36. The molecule has 0 aliphatic heterocycles. The smallest absolute Gasteiger partial charge is 0.123 e. The van der Waals surface area contributed by atoms with Gasteiger partial charge in [-0.25, -0.2) is 17.6 Å². The van der Waals surface area contributed by atoms with E-state index in [1.807, 2.05) is 24.3 Å². The largest absolute Gasteiger partial charge is 0.207 e. The minimum atomic E-state index is -0.969. The molecule has 0 nitrogen and oxygen atoms in total. The Kier molecular flexibility index (Phi) is 7.88. The highest BCUT2D eigenvalue weighted by Gasteiger charge is 2.48. The van der Waals surface area contributed by atoms with Gasteiger partial charge >= 0.3 is 0 Å². The Morgan fingerprint density at radius 3 is 1.08 bits per heavy atom. The van der Waals surface area contributed by atoms with Gasteiger partial charge < -0.3 is 0 Å². The molecular formula is C33H30F4P2. The predicted octanol–water partition coefficient (Wildman–Crippen LogP) is 7.47. The van der Waals surface area contributed by atoms with Crippen LogP contribution in [0.15, 0.2) is 97.1 Å². The first-order chi connectivity index (χ1) is 18.9. The van der Waals surface area contributed by atoms with Crippen molar-refractivity contribution in [1.29, 1.82) is 0 Å². The summed E-state index contributed by atoms with van der Waals surface area (Å²) in [6.07, 6.45) is 5.26. The summed E-state index contributed by atoms with van der Waals surface area (Å²) in [5, 5.41) is 3.70. The van der Waals surface area contributed by atoms with Crippen LogP contribution in [0.4, 0.5) is 17.6 Å². The van der Waals surface area contributed by atoms with E-state index < -0.39 is 15.8 Å². The van der Waals surface area contributed by atoms with Crippen LogP contribution in [0.3, 0.4) is 0 Å². The van der Waals surface area contributed by atoms with Gasteiger partial charge in [0.25, 0.3) is 0 Å². The third-order valence-electron chi connectivity index (χ3n) is 8.54. The quantitative estimate of drug-likeness (QED) is 0.154. The molecule has 4 aromatic carbocycles. The van der Waals surface area contributed by atoms with Crippen molar-refractivity contribution in [1.82, 2.24) is 0 Å². The molecule has 0 N–H and O–H groups in total. The summed E-state index contributed by atoms with van der Waals surface area (Å²) >= 11 is 0. The second-order valence-electron chi connectivity index (χ2n) is 10.8. The maximum absolute atomic E-state index is 14.4. The fourth-order valence-electron chi connectivity index (χ4n) is 6.82. The fraction of sp³-hybridized carbons (Fsp3) is 0.273. The Labute approximate surface area is 230 Å². The second-order valence-corrected chi connectivity index (χ2v) is 15.3. The van der Waals surface area contributed by atoms with E-state index in [0.29, 0.717) is 23.7 Å². The number of fused-ring (bicyclic) bond motifs is 2. The monoisotopic (exact) mass is 564 g/mol. The van der Waals surface area contributed by atoms with E-state index in [9.17, 15) is 17.6 Å². The molecule has 2 aliphatic rings. The third kappa shape index (κ3) is 5.84. The molecule has 2 fully saturated rings. The summed E-state index contributed by atoms with van der Waals surface area (Å²) in [5.74, 6) is 0.835. The molecule has 6 heteroatoms. The minimum Gasteiger partial charge on any atom is -0.207 e. The second kappa shape index (κ2) is 11.5. The van der Waals surface area contributed by atoms with E-state index in [-0.39, 0.29) is 23.3 Å². The van der Waals surface area contributed by atoms with E-state index in [0.717, 1.165) is 33.5 Å². The molecular weight excluding hydrogens is 534 g/mol. The van der Waals surface area contributed by atoms with Gasteiger partial charge in [0.05, 0.1) is 0 Å². The van der Waals surface area contributed by atoms with Gasteiger partial charge in [-0.05, 0) is 141 Å². The zero-order chi connectivity index (χ0) is 26.9. The summed E-state index contributed by atoms with van der Waals surface area (Å²) in [6.45, 7) is 0. The SMILES string of the molecule is Fc1cccc(P(CC2C(CP(c3cccc(F)c3)c3cccc(F)c3)[C@H]3CC[C@H]2C3)c2cccc(F)c2)c1. The van der Waals surface area contributed by atoms with Gasteiger partial charge in [-0.3, -0.25) is 0 Å². The van der Waals surface area contributed by atoms with E-state index in [4.69, 9.17) is 0 Å². The summed E-state index contributed by atoms with van der Waals surface area (Å²) in [6, 6.07) is 27.0. The van der Waals surface area contributed by atoms with Crippen LogP contribution >= 0.6 is 15.8 Å². The molecule has 6 rings (SSSR count). The first-order valence-corrected chi connectivity index (χ1v) is 16.6. The molecule has 0 heterocycles. The van der Waals surface area contributed by atoms with Crippen LogP contribution in [0.5, 0.6) is 0 Å². The number of hydrogen-bond donors (Lipinski definition) is 0. The topological polar surface area (TPSA) is 0 Å². The molecule has 0 spiro atoms. The van der Waals surface area contributed by atoms with Crippen LogP contribution in [0, 0.1) is 46.9 Å². The molecule has 4 aromatic rings. The highest BCUT2D eigenvalue weighted by molar-refractivity contribution is 7.73. The molecule has 0 radical (unpaired) electrons. The normalized spacial score (nSPS) is 22.2. The lowest BCUT2D eigenvalue weighted by atomic mass is 9.81. The van der Waals surface area contributed by atoms with Gasteiger partial charge in [-0.1, -0.05) is 48.5 Å². The molecule has 2 saturated carbocycles. The van der Waals surface area contributed by atoms with Crippen molar-refractivity contribution in [3.8, 4) is 0 Å². The zero-order valence-electron chi connectivity index (χ0n) is 21.5. The zero-order valence-corrected chi connectivity index (χ0v) is 23.3. The average Bonchev–Trinajstić information content (AvgIpc) is 3.52. The number of benzene rings is 4. The highest BCUT2D eigenvalue weighted by atomic mass is 31.1. The maximum Gasteiger partial charge on any atom is 0.123 e.